The number of aliphatic hydroxyl groups excluding tert-OH is 1. The van der Waals surface area contributed by atoms with Crippen LogP contribution in [0.1, 0.15) is 5.56 Å². The third-order valence-electron chi connectivity index (χ3n) is 2.43. The predicted molar refractivity (Wildman–Crippen MR) is 69.3 cm³/mol. The lowest BCUT2D eigenvalue weighted by Gasteiger charge is -2.11. The fourth-order valence-corrected chi connectivity index (χ4v) is 1.41. The van der Waals surface area contributed by atoms with Gasteiger partial charge in [-0.3, -0.25) is 4.79 Å². The van der Waals surface area contributed by atoms with Gasteiger partial charge in [0.1, 0.15) is 11.5 Å². The summed E-state index contributed by atoms with van der Waals surface area (Å²) in [6.07, 6.45) is 0. The van der Waals surface area contributed by atoms with Gasteiger partial charge in [-0.25, -0.2) is 0 Å². The Kier molecular flexibility index (Phi) is 6.70. The second-order valence-corrected chi connectivity index (χ2v) is 3.76. The van der Waals surface area contributed by atoms with Crippen LogP contribution in [0.4, 0.5) is 0 Å². The molecule has 0 saturated heterocycles. The van der Waals surface area contributed by atoms with E-state index in [4.69, 9.17) is 14.2 Å². The molecule has 6 nitrogen and oxygen atoms in total. The predicted octanol–water partition coefficient (Wildman–Crippen LogP) is 0.329. The molecule has 106 valence electrons. The number of hydrogen-bond donors (Lipinski definition) is 2. The minimum atomic E-state index is -0.247. The van der Waals surface area contributed by atoms with Crippen LogP contribution in [-0.4, -0.2) is 45.0 Å². The largest absolute Gasteiger partial charge is 0.497 e. The monoisotopic (exact) mass is 269 g/mol. The fraction of sp³-hybridized carbons (Fsp3) is 0.462. The molecule has 19 heavy (non-hydrogen) atoms. The van der Waals surface area contributed by atoms with Gasteiger partial charge in [0.05, 0.1) is 20.3 Å². The highest BCUT2D eigenvalue weighted by Crippen LogP contribution is 2.24. The minimum Gasteiger partial charge on any atom is -0.497 e. The van der Waals surface area contributed by atoms with Crippen LogP contribution in [0.25, 0.3) is 0 Å². The van der Waals surface area contributed by atoms with E-state index in [1.807, 2.05) is 0 Å². The summed E-state index contributed by atoms with van der Waals surface area (Å²) in [5.41, 5.74) is 0.602. The summed E-state index contributed by atoms with van der Waals surface area (Å²) in [5, 5.41) is 11.8. The third kappa shape index (κ3) is 5.15. The number of nitrogens with one attached hydrogen (secondary N) is 1. The van der Waals surface area contributed by atoms with Crippen molar-refractivity contribution in [3.63, 3.8) is 0 Å². The molecule has 0 atom stereocenters. The van der Waals surface area contributed by atoms with Gasteiger partial charge in [-0.05, 0) is 12.1 Å². The average molecular weight is 269 g/mol. The van der Waals surface area contributed by atoms with E-state index in [-0.39, 0.29) is 19.1 Å². The SMILES string of the molecule is COCCNC(=O)COc1cc(OC)ccc1CO. The van der Waals surface area contributed by atoms with Crippen LogP contribution in [-0.2, 0) is 16.1 Å². The third-order valence-corrected chi connectivity index (χ3v) is 2.43. The zero-order valence-corrected chi connectivity index (χ0v) is 11.1. The van der Waals surface area contributed by atoms with Crippen LogP contribution in [0.3, 0.4) is 0 Å². The summed E-state index contributed by atoms with van der Waals surface area (Å²) in [5.74, 6) is 0.791. The van der Waals surface area contributed by atoms with Gasteiger partial charge in [0.25, 0.3) is 5.91 Å². The van der Waals surface area contributed by atoms with E-state index in [0.29, 0.717) is 30.2 Å². The van der Waals surface area contributed by atoms with Crippen LogP contribution in [0.5, 0.6) is 11.5 Å². The van der Waals surface area contributed by atoms with Crippen molar-refractivity contribution in [2.75, 3.05) is 34.0 Å². The first-order chi connectivity index (χ1) is 9.21. The zero-order valence-electron chi connectivity index (χ0n) is 11.1. The summed E-state index contributed by atoms with van der Waals surface area (Å²) < 4.78 is 15.2. The normalized spacial score (nSPS) is 10.1. The standard InChI is InChI=1S/C13H19NO5/c1-17-6-5-14-13(16)9-19-12-7-11(18-2)4-3-10(12)8-15/h3-4,7,15H,5-6,8-9H2,1-2H3,(H,14,16). The van der Waals surface area contributed by atoms with Gasteiger partial charge in [0.15, 0.2) is 6.61 Å². The van der Waals surface area contributed by atoms with Gasteiger partial charge in [-0.1, -0.05) is 0 Å². The second kappa shape index (κ2) is 8.34. The fourth-order valence-electron chi connectivity index (χ4n) is 1.41. The lowest BCUT2D eigenvalue weighted by atomic mass is 10.2. The number of rotatable bonds is 8. The second-order valence-electron chi connectivity index (χ2n) is 3.76. The Bertz CT molecular complexity index is 408. The summed E-state index contributed by atoms with van der Waals surface area (Å²) in [6.45, 7) is 0.602. The smallest absolute Gasteiger partial charge is 0.258 e. The topological polar surface area (TPSA) is 77.0 Å². The number of ether oxygens (including phenoxy) is 3. The maximum Gasteiger partial charge on any atom is 0.258 e. The summed E-state index contributed by atoms with van der Waals surface area (Å²) in [6, 6.07) is 5.04. The lowest BCUT2D eigenvalue weighted by Crippen LogP contribution is -2.31. The van der Waals surface area contributed by atoms with E-state index in [9.17, 15) is 9.90 Å². The van der Waals surface area contributed by atoms with Gasteiger partial charge in [0.2, 0.25) is 0 Å². The Morgan fingerprint density at radius 3 is 2.79 bits per heavy atom. The van der Waals surface area contributed by atoms with Crippen LogP contribution < -0.4 is 14.8 Å². The van der Waals surface area contributed by atoms with Gasteiger partial charge >= 0.3 is 0 Å². The van der Waals surface area contributed by atoms with Crippen molar-refractivity contribution >= 4 is 5.91 Å². The van der Waals surface area contributed by atoms with Crippen molar-refractivity contribution in [1.82, 2.24) is 5.32 Å². The first-order valence-corrected chi connectivity index (χ1v) is 5.87. The first-order valence-electron chi connectivity index (χ1n) is 5.87. The van der Waals surface area contributed by atoms with Crippen LogP contribution in [0, 0.1) is 0 Å². The Hall–Kier alpha value is -1.79. The molecule has 0 fully saturated rings. The van der Waals surface area contributed by atoms with E-state index < -0.39 is 0 Å². The molecule has 0 saturated carbocycles. The molecule has 0 aliphatic carbocycles. The summed E-state index contributed by atoms with van der Waals surface area (Å²) in [7, 11) is 3.10. The maximum atomic E-state index is 11.5. The highest BCUT2D eigenvalue weighted by molar-refractivity contribution is 5.77. The molecule has 0 unspecified atom stereocenters. The van der Waals surface area contributed by atoms with Crippen molar-refractivity contribution < 1.29 is 24.1 Å². The van der Waals surface area contributed by atoms with Gasteiger partial charge in [-0.15, -0.1) is 0 Å². The molecule has 0 aromatic heterocycles. The van der Waals surface area contributed by atoms with Crippen LogP contribution >= 0.6 is 0 Å². The van der Waals surface area contributed by atoms with E-state index in [0.717, 1.165) is 0 Å². The Labute approximate surface area is 112 Å². The quantitative estimate of drug-likeness (QED) is 0.665. The zero-order chi connectivity index (χ0) is 14.1. The molecule has 0 bridgehead atoms. The molecule has 0 spiro atoms. The van der Waals surface area contributed by atoms with Crippen molar-refractivity contribution in [3.05, 3.63) is 23.8 Å². The van der Waals surface area contributed by atoms with Crippen molar-refractivity contribution in [3.8, 4) is 11.5 Å². The molecule has 1 aromatic rings. The first kappa shape index (κ1) is 15.3. The number of hydrogen-bond acceptors (Lipinski definition) is 5. The Morgan fingerprint density at radius 1 is 1.37 bits per heavy atom. The number of methoxy groups -OCH3 is 2. The van der Waals surface area contributed by atoms with E-state index >= 15 is 0 Å². The molecule has 1 aromatic carbocycles. The minimum absolute atomic E-state index is 0.121. The number of aliphatic hydroxyl groups is 1. The van der Waals surface area contributed by atoms with Crippen molar-refractivity contribution in [1.29, 1.82) is 0 Å². The van der Waals surface area contributed by atoms with Crippen molar-refractivity contribution in [2.45, 2.75) is 6.61 Å². The average Bonchev–Trinajstić information content (AvgIpc) is 2.45. The highest BCUT2D eigenvalue weighted by atomic mass is 16.5. The molecule has 0 aliphatic heterocycles. The van der Waals surface area contributed by atoms with Gasteiger partial charge in [0, 0.05) is 25.3 Å². The number of amides is 1. The number of benzene rings is 1. The summed E-state index contributed by atoms with van der Waals surface area (Å²) in [4.78, 5) is 11.5. The molecule has 6 heteroatoms. The lowest BCUT2D eigenvalue weighted by molar-refractivity contribution is -0.123. The molecule has 0 aliphatic rings. The van der Waals surface area contributed by atoms with Gasteiger partial charge < -0.3 is 24.6 Å². The number of carbonyl (C=O) groups excluding carboxylic acids is 1. The van der Waals surface area contributed by atoms with E-state index in [2.05, 4.69) is 5.32 Å². The summed E-state index contributed by atoms with van der Waals surface area (Å²) >= 11 is 0. The van der Waals surface area contributed by atoms with E-state index in [1.165, 1.54) is 7.11 Å². The van der Waals surface area contributed by atoms with Gasteiger partial charge in [-0.2, -0.15) is 0 Å². The van der Waals surface area contributed by atoms with Crippen molar-refractivity contribution in [2.24, 2.45) is 0 Å². The molecule has 0 radical (unpaired) electrons. The van der Waals surface area contributed by atoms with E-state index in [1.54, 1.807) is 25.3 Å². The molecular weight excluding hydrogens is 250 g/mol. The maximum absolute atomic E-state index is 11.5. The Morgan fingerprint density at radius 2 is 2.16 bits per heavy atom. The molecule has 1 rings (SSSR count). The number of carbonyl (C=O) groups is 1. The molecule has 1 amide bonds. The molecule has 2 N–H and O–H groups in total. The molecule has 0 heterocycles. The highest BCUT2D eigenvalue weighted by Gasteiger charge is 2.07. The van der Waals surface area contributed by atoms with Crippen LogP contribution in [0.15, 0.2) is 18.2 Å². The molecular formula is C13H19NO5. The van der Waals surface area contributed by atoms with Crippen LogP contribution in [0.2, 0.25) is 0 Å². The Balaban J connectivity index is 2.53.